The molecule has 0 bridgehead atoms. The zero-order chi connectivity index (χ0) is 42.1. The topological polar surface area (TPSA) is 147 Å². The van der Waals surface area contributed by atoms with Gasteiger partial charge in [-0.25, -0.2) is 48.3 Å². The third kappa shape index (κ3) is 7.69. The van der Waals surface area contributed by atoms with Gasteiger partial charge in [0.1, 0.15) is 23.0 Å². The molecule has 8 rings (SSSR count). The number of carboxylic acid groups (broad SMARTS) is 1. The van der Waals surface area contributed by atoms with Crippen LogP contribution < -0.4 is 9.80 Å². The molecule has 12 nitrogen and oxygen atoms in total. The van der Waals surface area contributed by atoms with E-state index in [-0.39, 0.29) is 29.0 Å². The number of anilines is 2. The number of esters is 1. The Hall–Kier alpha value is -6.70. The number of aromatic carboxylic acids is 1. The predicted octanol–water partition coefficient (Wildman–Crippen LogP) is 8.41. The van der Waals surface area contributed by atoms with Gasteiger partial charge in [0.05, 0.1) is 41.0 Å². The minimum absolute atomic E-state index is 0.0373. The number of carbonyl (C=O) groups is 2. The van der Waals surface area contributed by atoms with Crippen molar-refractivity contribution in [3.8, 4) is 45.0 Å². The summed E-state index contributed by atoms with van der Waals surface area (Å²) in [7, 11) is 5.25. The summed E-state index contributed by atoms with van der Waals surface area (Å²) >= 11 is 0. The van der Waals surface area contributed by atoms with Crippen molar-refractivity contribution in [3.63, 3.8) is 0 Å². The Balaban J connectivity index is 0.000000179. The van der Waals surface area contributed by atoms with E-state index in [1.54, 1.807) is 49.1 Å². The number of halogens is 2. The molecule has 2 aliphatic rings. The molecule has 0 fully saturated rings. The van der Waals surface area contributed by atoms with Crippen molar-refractivity contribution in [3.05, 3.63) is 119 Å². The number of hydrogen-bond acceptors (Lipinski definition) is 11. The van der Waals surface area contributed by atoms with Crippen LogP contribution >= 0.6 is 0 Å². The maximum Gasteiger partial charge on any atom is 0.340 e. The molecular weight excluding hydrogens is 755 g/mol. The highest BCUT2D eigenvalue weighted by molar-refractivity contribution is 6.02. The minimum atomic E-state index is -1.04. The lowest BCUT2D eigenvalue weighted by atomic mass is 9.87. The summed E-state index contributed by atoms with van der Waals surface area (Å²) in [6.07, 6.45) is 7.75. The average molecular weight is 799 g/mol. The van der Waals surface area contributed by atoms with E-state index in [0.717, 1.165) is 28.1 Å². The quantitative estimate of drug-likeness (QED) is 0.161. The van der Waals surface area contributed by atoms with Crippen LogP contribution in [0.15, 0.2) is 73.3 Å². The number of ether oxygens (including phenoxy) is 1. The van der Waals surface area contributed by atoms with Crippen molar-refractivity contribution < 1.29 is 28.2 Å². The molecule has 59 heavy (non-hydrogen) atoms. The van der Waals surface area contributed by atoms with Crippen LogP contribution in [-0.4, -0.2) is 81.2 Å². The Morgan fingerprint density at radius 1 is 0.627 bits per heavy atom. The molecule has 4 aromatic heterocycles. The number of carboxylic acids is 1. The Morgan fingerprint density at radius 2 is 1.02 bits per heavy atom. The van der Waals surface area contributed by atoms with Crippen LogP contribution in [0.2, 0.25) is 0 Å². The zero-order valence-electron chi connectivity index (χ0n) is 33.9. The monoisotopic (exact) mass is 798 g/mol. The summed E-state index contributed by atoms with van der Waals surface area (Å²) in [5.74, 6) is -0.901. The number of pyridine rings is 2. The summed E-state index contributed by atoms with van der Waals surface area (Å²) < 4.78 is 32.4. The summed E-state index contributed by atoms with van der Waals surface area (Å²) in [6, 6.07) is 12.1. The van der Waals surface area contributed by atoms with Crippen molar-refractivity contribution in [2.24, 2.45) is 0 Å². The van der Waals surface area contributed by atoms with E-state index >= 15 is 0 Å². The number of rotatable bonds is 6. The Bertz CT molecular complexity index is 2560. The average Bonchev–Trinajstić information content (AvgIpc) is 3.47. The molecule has 0 saturated carbocycles. The molecule has 0 atom stereocenters. The molecule has 0 aliphatic carbocycles. The van der Waals surface area contributed by atoms with Gasteiger partial charge < -0.3 is 19.6 Å². The van der Waals surface area contributed by atoms with Gasteiger partial charge in [-0.05, 0) is 71.2 Å². The minimum Gasteiger partial charge on any atom is -0.478 e. The van der Waals surface area contributed by atoms with Crippen LogP contribution in [0.1, 0.15) is 82.8 Å². The normalized spacial score (nSPS) is 13.0. The largest absolute Gasteiger partial charge is 0.478 e. The maximum atomic E-state index is 13.7. The van der Waals surface area contributed by atoms with Crippen LogP contribution in [0.3, 0.4) is 0 Å². The lowest BCUT2D eigenvalue weighted by Crippen LogP contribution is -2.20. The second-order valence-corrected chi connectivity index (χ2v) is 15.1. The molecule has 302 valence electrons. The highest BCUT2D eigenvalue weighted by atomic mass is 19.1. The van der Waals surface area contributed by atoms with Crippen LogP contribution in [0.5, 0.6) is 0 Å². The highest BCUT2D eigenvalue weighted by Gasteiger charge is 2.33. The second kappa shape index (κ2) is 16.6. The van der Waals surface area contributed by atoms with Gasteiger partial charge in [0.2, 0.25) is 0 Å². The first-order valence-corrected chi connectivity index (χ1v) is 19.3. The highest BCUT2D eigenvalue weighted by Crippen LogP contribution is 2.43. The van der Waals surface area contributed by atoms with E-state index in [0.29, 0.717) is 82.6 Å². The van der Waals surface area contributed by atoms with Gasteiger partial charge in [0, 0.05) is 63.1 Å². The van der Waals surface area contributed by atoms with E-state index in [2.05, 4.69) is 19.9 Å². The number of aromatic nitrogens is 6. The fraction of sp³-hybridized carbons (Fsp3) is 0.289. The summed E-state index contributed by atoms with van der Waals surface area (Å²) in [5, 5.41) is 10.1. The molecule has 0 radical (unpaired) electrons. The van der Waals surface area contributed by atoms with Gasteiger partial charge in [0.25, 0.3) is 0 Å². The van der Waals surface area contributed by atoms with Crippen LogP contribution in [0.4, 0.5) is 20.4 Å². The first kappa shape index (κ1) is 40.5. The molecule has 0 unspecified atom stereocenters. The summed E-state index contributed by atoms with van der Waals surface area (Å²) in [5.41, 5.74) is 8.74. The molecule has 0 saturated heterocycles. The molecule has 0 spiro atoms. The number of hydrogen-bond donors (Lipinski definition) is 1. The number of carbonyl (C=O) groups excluding carboxylic acids is 1. The van der Waals surface area contributed by atoms with E-state index in [1.807, 2.05) is 51.6 Å². The molecule has 2 aliphatic heterocycles. The lowest BCUT2D eigenvalue weighted by molar-refractivity contribution is 0.0598. The van der Waals surface area contributed by atoms with E-state index in [4.69, 9.17) is 14.7 Å². The summed E-state index contributed by atoms with van der Waals surface area (Å²) in [6.45, 7) is 9.10. The van der Waals surface area contributed by atoms with Gasteiger partial charge in [-0.2, -0.15) is 0 Å². The molecule has 14 heteroatoms. The standard InChI is InChI=1S/C23H23FN4O2.C22H21FN4O2/c1-13(2)19-18(23(29)30-4)17(14-5-7-15(24)8-6-14)16-9-12-28(3)22-21(20(16)27-19)25-10-11-26-22;1-12(2)18-17(22(28)29)16(13-4-6-14(23)7-5-13)15-8-11-27(3)21-20(19(15)26-18)24-9-10-25-21/h5-8,10-11,13H,9,12H2,1-4H3;4-7,9-10,12H,8,11H2,1-3H3,(H,28,29). The van der Waals surface area contributed by atoms with Crippen molar-refractivity contribution in [2.45, 2.75) is 52.4 Å². The third-order valence-corrected chi connectivity index (χ3v) is 10.5. The SMILES string of the molecule is CC(C)c1nc2c(c(-c3ccc(F)cc3)c1C(=O)O)CCN(C)c1nccnc1-2.COC(=O)c1c(C(C)C)nc2c(c1-c1ccc(F)cc1)CCN(C)c1nccnc1-2. The Kier molecular flexibility index (Phi) is 11.4. The fourth-order valence-corrected chi connectivity index (χ4v) is 7.72. The molecule has 6 heterocycles. The third-order valence-electron chi connectivity index (χ3n) is 10.5. The first-order valence-electron chi connectivity index (χ1n) is 19.3. The van der Waals surface area contributed by atoms with E-state index in [9.17, 15) is 23.5 Å². The number of fused-ring (bicyclic) bond motifs is 6. The fourth-order valence-electron chi connectivity index (χ4n) is 7.72. The molecule has 0 amide bonds. The van der Waals surface area contributed by atoms with Crippen LogP contribution in [-0.2, 0) is 17.6 Å². The Labute approximate surface area is 341 Å². The van der Waals surface area contributed by atoms with Crippen LogP contribution in [0, 0.1) is 11.6 Å². The molecule has 6 aromatic rings. The smallest absolute Gasteiger partial charge is 0.340 e. The molecular formula is C45H44F2N8O4. The lowest BCUT2D eigenvalue weighted by Gasteiger charge is -2.21. The first-order chi connectivity index (χ1) is 28.3. The number of nitrogens with zero attached hydrogens (tertiary/aromatic N) is 8. The number of methoxy groups -OCH3 is 1. The van der Waals surface area contributed by atoms with Gasteiger partial charge in [-0.15, -0.1) is 0 Å². The zero-order valence-corrected chi connectivity index (χ0v) is 33.9. The number of likely N-dealkylation sites (N-methyl/N-ethyl adjacent to an activating group) is 2. The van der Waals surface area contributed by atoms with Gasteiger partial charge >= 0.3 is 11.9 Å². The number of benzene rings is 2. The molecule has 2 aromatic carbocycles. The van der Waals surface area contributed by atoms with Gasteiger partial charge in [-0.3, -0.25) is 0 Å². The molecule has 1 N–H and O–H groups in total. The van der Waals surface area contributed by atoms with E-state index in [1.165, 1.54) is 31.4 Å². The van der Waals surface area contributed by atoms with Crippen molar-refractivity contribution in [1.82, 2.24) is 29.9 Å². The predicted molar refractivity (Wildman–Crippen MR) is 222 cm³/mol. The van der Waals surface area contributed by atoms with Crippen LogP contribution in [0.25, 0.3) is 45.0 Å². The summed E-state index contributed by atoms with van der Waals surface area (Å²) in [4.78, 5) is 57.0. The van der Waals surface area contributed by atoms with Crippen molar-refractivity contribution in [1.29, 1.82) is 0 Å². The van der Waals surface area contributed by atoms with Crippen molar-refractivity contribution in [2.75, 3.05) is 44.1 Å². The van der Waals surface area contributed by atoms with E-state index < -0.39 is 11.9 Å². The van der Waals surface area contributed by atoms with Gasteiger partial charge in [-0.1, -0.05) is 52.0 Å². The van der Waals surface area contributed by atoms with Crippen molar-refractivity contribution >= 4 is 23.6 Å². The second-order valence-electron chi connectivity index (χ2n) is 15.1. The van der Waals surface area contributed by atoms with Gasteiger partial charge in [0.15, 0.2) is 11.6 Å². The Morgan fingerprint density at radius 3 is 1.41 bits per heavy atom. The maximum absolute atomic E-state index is 13.7.